The van der Waals surface area contributed by atoms with E-state index in [1.54, 1.807) is 0 Å². The molecule has 128 valence electrons. The number of rotatable bonds is 6. The zero-order valence-corrected chi connectivity index (χ0v) is 14.8. The van der Waals surface area contributed by atoms with Crippen LogP contribution in [0.3, 0.4) is 0 Å². The molecule has 1 aliphatic rings. The van der Waals surface area contributed by atoms with Gasteiger partial charge in [-0.25, -0.2) is 4.79 Å². The molecule has 0 aliphatic carbocycles. The fourth-order valence-electron chi connectivity index (χ4n) is 3.11. The summed E-state index contributed by atoms with van der Waals surface area (Å²) in [5.74, 6) is 1.50. The third kappa shape index (κ3) is 5.13. The Morgan fingerprint density at radius 3 is 2.87 bits per heavy atom. The van der Waals surface area contributed by atoms with Crippen LogP contribution < -0.4 is 10.1 Å². The Morgan fingerprint density at radius 1 is 1.43 bits per heavy atom. The molecule has 0 spiro atoms. The fourth-order valence-corrected chi connectivity index (χ4v) is 3.11. The van der Waals surface area contributed by atoms with Crippen molar-refractivity contribution in [2.45, 2.75) is 26.8 Å². The highest BCUT2D eigenvalue weighted by Crippen LogP contribution is 2.20. The van der Waals surface area contributed by atoms with E-state index in [1.807, 2.05) is 30.9 Å². The zero-order chi connectivity index (χ0) is 16.8. The van der Waals surface area contributed by atoms with Crippen molar-refractivity contribution in [1.29, 1.82) is 0 Å². The number of hydrogen-bond donors (Lipinski definition) is 1. The summed E-state index contributed by atoms with van der Waals surface area (Å²) in [6.45, 7) is 7.98. The largest absolute Gasteiger partial charge is 0.494 e. The average molecular weight is 319 g/mol. The van der Waals surface area contributed by atoms with Gasteiger partial charge in [-0.1, -0.05) is 12.1 Å². The molecular weight excluding hydrogens is 290 g/mol. The second-order valence-corrected chi connectivity index (χ2v) is 6.55. The van der Waals surface area contributed by atoms with E-state index in [9.17, 15) is 4.79 Å². The molecule has 1 saturated heterocycles. The lowest BCUT2D eigenvalue weighted by Gasteiger charge is -2.19. The van der Waals surface area contributed by atoms with Gasteiger partial charge in [-0.15, -0.1) is 0 Å². The van der Waals surface area contributed by atoms with Crippen LogP contribution in [0.1, 0.15) is 24.5 Å². The van der Waals surface area contributed by atoms with Crippen molar-refractivity contribution in [3.8, 4) is 5.75 Å². The van der Waals surface area contributed by atoms with Crippen molar-refractivity contribution in [3.05, 3.63) is 29.3 Å². The van der Waals surface area contributed by atoms with Crippen molar-refractivity contribution < 1.29 is 9.53 Å². The monoisotopic (exact) mass is 319 g/mol. The molecule has 0 radical (unpaired) electrons. The molecular formula is C18H29N3O2. The molecule has 0 unspecified atom stereocenters. The average Bonchev–Trinajstić information content (AvgIpc) is 2.95. The highest BCUT2D eigenvalue weighted by molar-refractivity contribution is 5.74. The van der Waals surface area contributed by atoms with Gasteiger partial charge in [0.05, 0.1) is 6.61 Å². The van der Waals surface area contributed by atoms with E-state index in [1.165, 1.54) is 0 Å². The molecule has 2 amide bonds. The van der Waals surface area contributed by atoms with Crippen molar-refractivity contribution in [3.63, 3.8) is 0 Å². The molecule has 1 heterocycles. The first kappa shape index (κ1) is 17.6. The SMILES string of the molecule is CCOc1ccc(CNC(=O)N2CC[C@@H](CN(C)C)C2)cc1C. The summed E-state index contributed by atoms with van der Waals surface area (Å²) in [4.78, 5) is 16.4. The minimum atomic E-state index is 0.0396. The van der Waals surface area contributed by atoms with Crippen LogP contribution >= 0.6 is 0 Å². The van der Waals surface area contributed by atoms with Crippen molar-refractivity contribution in [1.82, 2.24) is 15.1 Å². The lowest BCUT2D eigenvalue weighted by Crippen LogP contribution is -2.38. The molecule has 5 nitrogen and oxygen atoms in total. The number of ether oxygens (including phenoxy) is 1. The summed E-state index contributed by atoms with van der Waals surface area (Å²) < 4.78 is 5.54. The first-order valence-corrected chi connectivity index (χ1v) is 8.39. The topological polar surface area (TPSA) is 44.8 Å². The van der Waals surface area contributed by atoms with Gasteiger partial charge in [-0.05, 0) is 57.5 Å². The van der Waals surface area contributed by atoms with E-state index in [0.717, 1.165) is 42.9 Å². The fraction of sp³-hybridized carbons (Fsp3) is 0.611. The molecule has 1 aromatic rings. The van der Waals surface area contributed by atoms with Gasteiger partial charge in [-0.2, -0.15) is 0 Å². The van der Waals surface area contributed by atoms with E-state index < -0.39 is 0 Å². The summed E-state index contributed by atoms with van der Waals surface area (Å²) in [6, 6.07) is 6.10. The predicted octanol–water partition coefficient (Wildman–Crippen LogP) is 2.49. The van der Waals surface area contributed by atoms with E-state index in [-0.39, 0.29) is 6.03 Å². The van der Waals surface area contributed by atoms with Crippen LogP contribution in [-0.4, -0.2) is 56.2 Å². The number of benzene rings is 1. The molecule has 1 N–H and O–H groups in total. The number of carbonyl (C=O) groups excluding carboxylic acids is 1. The molecule has 1 atom stereocenters. The van der Waals surface area contributed by atoms with Gasteiger partial charge in [0.2, 0.25) is 0 Å². The van der Waals surface area contributed by atoms with Crippen molar-refractivity contribution in [2.24, 2.45) is 5.92 Å². The zero-order valence-electron chi connectivity index (χ0n) is 14.8. The van der Waals surface area contributed by atoms with Gasteiger partial charge < -0.3 is 19.9 Å². The third-order valence-electron chi connectivity index (χ3n) is 4.18. The Morgan fingerprint density at radius 2 is 2.22 bits per heavy atom. The van der Waals surface area contributed by atoms with Crippen LogP contribution in [0.25, 0.3) is 0 Å². The molecule has 0 aromatic heterocycles. The maximum Gasteiger partial charge on any atom is 0.317 e. The summed E-state index contributed by atoms with van der Waals surface area (Å²) >= 11 is 0. The number of urea groups is 1. The van der Waals surface area contributed by atoms with E-state index in [2.05, 4.69) is 30.4 Å². The summed E-state index contributed by atoms with van der Waals surface area (Å²) in [7, 11) is 4.16. The summed E-state index contributed by atoms with van der Waals surface area (Å²) in [6.07, 6.45) is 1.09. The van der Waals surface area contributed by atoms with Crippen LogP contribution in [-0.2, 0) is 6.54 Å². The van der Waals surface area contributed by atoms with Gasteiger partial charge in [0.15, 0.2) is 0 Å². The molecule has 1 aliphatic heterocycles. The maximum atomic E-state index is 12.3. The van der Waals surface area contributed by atoms with E-state index >= 15 is 0 Å². The van der Waals surface area contributed by atoms with Gasteiger partial charge in [0.25, 0.3) is 0 Å². The minimum absolute atomic E-state index is 0.0396. The van der Waals surface area contributed by atoms with Crippen LogP contribution in [0.15, 0.2) is 18.2 Å². The van der Waals surface area contributed by atoms with Gasteiger partial charge in [-0.3, -0.25) is 0 Å². The second kappa shape index (κ2) is 8.20. The van der Waals surface area contributed by atoms with Crippen LogP contribution in [0.2, 0.25) is 0 Å². The smallest absolute Gasteiger partial charge is 0.317 e. The maximum absolute atomic E-state index is 12.3. The van der Waals surface area contributed by atoms with Crippen LogP contribution in [0.5, 0.6) is 5.75 Å². The normalized spacial score (nSPS) is 17.6. The number of nitrogens with zero attached hydrogens (tertiary/aromatic N) is 2. The lowest BCUT2D eigenvalue weighted by molar-refractivity contribution is 0.205. The third-order valence-corrected chi connectivity index (χ3v) is 4.18. The van der Waals surface area contributed by atoms with E-state index in [4.69, 9.17) is 4.74 Å². The van der Waals surface area contributed by atoms with Crippen LogP contribution in [0.4, 0.5) is 4.79 Å². The number of carbonyl (C=O) groups is 1. The Kier molecular flexibility index (Phi) is 6.28. The highest BCUT2D eigenvalue weighted by Gasteiger charge is 2.26. The molecule has 1 aromatic carbocycles. The number of aryl methyl sites for hydroxylation is 1. The molecule has 1 fully saturated rings. The Hall–Kier alpha value is -1.75. The van der Waals surface area contributed by atoms with Gasteiger partial charge >= 0.3 is 6.03 Å². The predicted molar refractivity (Wildman–Crippen MR) is 92.8 cm³/mol. The molecule has 23 heavy (non-hydrogen) atoms. The number of hydrogen-bond acceptors (Lipinski definition) is 3. The van der Waals surface area contributed by atoms with Crippen molar-refractivity contribution >= 4 is 6.03 Å². The highest BCUT2D eigenvalue weighted by atomic mass is 16.5. The Bertz CT molecular complexity index is 531. The van der Waals surface area contributed by atoms with Gasteiger partial charge in [0.1, 0.15) is 5.75 Å². The Labute approximate surface area is 139 Å². The standard InChI is InChI=1S/C18H29N3O2/c1-5-23-17-7-6-15(10-14(17)2)11-19-18(22)21-9-8-16(13-21)12-20(3)4/h6-7,10,16H,5,8-9,11-13H2,1-4H3,(H,19,22)/t16-/m0/s1. The summed E-state index contributed by atoms with van der Waals surface area (Å²) in [5.41, 5.74) is 2.20. The quantitative estimate of drug-likeness (QED) is 0.876. The van der Waals surface area contributed by atoms with Crippen molar-refractivity contribution in [2.75, 3.05) is 40.3 Å². The summed E-state index contributed by atoms with van der Waals surface area (Å²) in [5, 5.41) is 3.03. The molecule has 0 saturated carbocycles. The van der Waals surface area contributed by atoms with Gasteiger partial charge in [0, 0.05) is 26.2 Å². The molecule has 0 bridgehead atoms. The number of nitrogens with one attached hydrogen (secondary N) is 1. The molecule has 2 rings (SSSR count). The Balaban J connectivity index is 1.82. The lowest BCUT2D eigenvalue weighted by atomic mass is 10.1. The first-order valence-electron chi connectivity index (χ1n) is 8.39. The number of likely N-dealkylation sites (tertiary alicyclic amines) is 1. The van der Waals surface area contributed by atoms with E-state index in [0.29, 0.717) is 19.1 Å². The second-order valence-electron chi connectivity index (χ2n) is 6.55. The van der Waals surface area contributed by atoms with Crippen LogP contribution in [0, 0.1) is 12.8 Å². The number of amides is 2. The first-order chi connectivity index (χ1) is 11.0. The minimum Gasteiger partial charge on any atom is -0.494 e. The molecule has 5 heteroatoms.